The van der Waals surface area contributed by atoms with Crippen LogP contribution >= 0.6 is 0 Å². The summed E-state index contributed by atoms with van der Waals surface area (Å²) >= 11 is 0. The Balaban J connectivity index is 1.10. The molecule has 0 unspecified atom stereocenters. The predicted octanol–water partition coefficient (Wildman–Crippen LogP) is 15.0. The summed E-state index contributed by atoms with van der Waals surface area (Å²) in [6.45, 7) is 5.14. The molecule has 0 N–H and O–H groups in total. The molecule has 0 spiro atoms. The summed E-state index contributed by atoms with van der Waals surface area (Å²) < 4.78 is 0. The van der Waals surface area contributed by atoms with Crippen molar-refractivity contribution in [1.82, 2.24) is 0 Å². The molecule has 0 fully saturated rings. The third kappa shape index (κ3) is 4.65. The third-order valence-electron chi connectivity index (χ3n) is 13.7. The van der Waals surface area contributed by atoms with Gasteiger partial charge in [0.1, 0.15) is 8.07 Å². The molecule has 0 bridgehead atoms. The van der Waals surface area contributed by atoms with Crippen LogP contribution in [0.2, 0.25) is 13.1 Å². The summed E-state index contributed by atoms with van der Waals surface area (Å²) in [4.78, 5) is 0. The molecule has 1 aliphatic rings. The normalized spacial score (nSPS) is 13.4. The standard InChI is InChI=1S/C58H38Si/c1-59(2)53-32-41(49-31-42-17-9-15-37-23-24-38-16-10-20-48(49)58(38)55(37)42)27-28-45(53)50-33-51-52(34-54(50)59)57(44-26-22-36-12-4-6-14-40(36)30-44)47-19-8-7-18-46(47)56(51)43-25-21-35-11-3-5-13-39(35)29-43/h3-34H,1-2H3. The zero-order valence-electron chi connectivity index (χ0n) is 33.0. The van der Waals surface area contributed by atoms with E-state index in [1.165, 1.54) is 130 Å². The Morgan fingerprint density at radius 3 is 1.44 bits per heavy atom. The summed E-state index contributed by atoms with van der Waals surface area (Å²) in [6, 6.07) is 73.8. The fraction of sp³-hybridized carbons (Fsp3) is 0.0345. The lowest BCUT2D eigenvalue weighted by Gasteiger charge is -2.23. The lowest BCUT2D eigenvalue weighted by Crippen LogP contribution is -2.49. The monoisotopic (exact) mass is 762 g/mol. The van der Waals surface area contributed by atoms with E-state index in [4.69, 9.17) is 0 Å². The Morgan fingerprint density at radius 1 is 0.271 bits per heavy atom. The highest BCUT2D eigenvalue weighted by molar-refractivity contribution is 7.04. The highest BCUT2D eigenvalue weighted by Crippen LogP contribution is 2.47. The summed E-state index contributed by atoms with van der Waals surface area (Å²) in [5, 5.41) is 21.3. The topological polar surface area (TPSA) is 0 Å². The van der Waals surface area contributed by atoms with Gasteiger partial charge in [-0.25, -0.2) is 0 Å². The van der Waals surface area contributed by atoms with E-state index in [2.05, 4.69) is 207 Å². The molecule has 1 heteroatoms. The van der Waals surface area contributed by atoms with E-state index in [-0.39, 0.29) is 0 Å². The van der Waals surface area contributed by atoms with Gasteiger partial charge in [-0.1, -0.05) is 183 Å². The van der Waals surface area contributed by atoms with Crippen molar-refractivity contribution in [2.24, 2.45) is 0 Å². The Bertz CT molecular complexity index is 3760. The quantitative estimate of drug-likeness (QED) is 0.0955. The van der Waals surface area contributed by atoms with Crippen molar-refractivity contribution in [1.29, 1.82) is 0 Å². The second kappa shape index (κ2) is 12.0. The van der Waals surface area contributed by atoms with Crippen LogP contribution in [0.15, 0.2) is 194 Å². The molecule has 0 radical (unpaired) electrons. The summed E-state index contributed by atoms with van der Waals surface area (Å²) in [7, 11) is -2.17. The zero-order chi connectivity index (χ0) is 39.0. The van der Waals surface area contributed by atoms with Gasteiger partial charge in [0.05, 0.1) is 0 Å². The maximum absolute atomic E-state index is 2.62. The van der Waals surface area contributed by atoms with Gasteiger partial charge in [-0.15, -0.1) is 0 Å². The summed E-state index contributed by atoms with van der Waals surface area (Å²) in [5.41, 5.74) is 10.6. The third-order valence-corrected chi connectivity index (χ3v) is 17.2. The summed E-state index contributed by atoms with van der Waals surface area (Å²) in [6.07, 6.45) is 0. The van der Waals surface area contributed by atoms with Crippen molar-refractivity contribution in [3.05, 3.63) is 194 Å². The highest BCUT2D eigenvalue weighted by Gasteiger charge is 2.39. The first-order chi connectivity index (χ1) is 29.0. The first-order valence-corrected chi connectivity index (χ1v) is 23.8. The smallest absolute Gasteiger partial charge is 0.0616 e. The zero-order valence-corrected chi connectivity index (χ0v) is 34.0. The van der Waals surface area contributed by atoms with Crippen molar-refractivity contribution in [3.8, 4) is 44.5 Å². The van der Waals surface area contributed by atoms with Gasteiger partial charge in [0.25, 0.3) is 0 Å². The van der Waals surface area contributed by atoms with Crippen LogP contribution < -0.4 is 10.4 Å². The van der Waals surface area contributed by atoms with Crippen LogP contribution in [0.3, 0.4) is 0 Å². The van der Waals surface area contributed by atoms with Crippen molar-refractivity contribution in [2.75, 3.05) is 0 Å². The fourth-order valence-corrected chi connectivity index (χ4v) is 14.0. The maximum Gasteiger partial charge on any atom is 0.113 e. The Kier molecular flexibility index (Phi) is 6.70. The lowest BCUT2D eigenvalue weighted by molar-refractivity contribution is 1.67. The van der Waals surface area contributed by atoms with Crippen LogP contribution in [0.1, 0.15) is 0 Å². The van der Waals surface area contributed by atoms with Gasteiger partial charge in [0, 0.05) is 0 Å². The van der Waals surface area contributed by atoms with Gasteiger partial charge in [-0.05, 0) is 155 Å². The second-order valence-corrected chi connectivity index (χ2v) is 21.5. The lowest BCUT2D eigenvalue weighted by atomic mass is 9.84. The van der Waals surface area contributed by atoms with Gasteiger partial charge >= 0.3 is 0 Å². The molecule has 1 heterocycles. The number of benzene rings is 12. The van der Waals surface area contributed by atoms with Gasteiger partial charge < -0.3 is 0 Å². The van der Waals surface area contributed by atoms with Crippen molar-refractivity contribution < 1.29 is 0 Å². The van der Waals surface area contributed by atoms with Crippen LogP contribution in [0, 0.1) is 0 Å². The van der Waals surface area contributed by atoms with Crippen LogP contribution in [-0.4, -0.2) is 8.07 Å². The molecule has 12 aromatic carbocycles. The van der Waals surface area contributed by atoms with Crippen molar-refractivity contribution in [2.45, 2.75) is 13.1 Å². The van der Waals surface area contributed by atoms with Crippen molar-refractivity contribution in [3.63, 3.8) is 0 Å². The molecule has 0 saturated carbocycles. The van der Waals surface area contributed by atoms with E-state index in [9.17, 15) is 0 Å². The highest BCUT2D eigenvalue weighted by atomic mass is 28.3. The molecule has 0 amide bonds. The minimum Gasteiger partial charge on any atom is -0.0616 e. The maximum atomic E-state index is 2.62. The van der Waals surface area contributed by atoms with E-state index in [0.717, 1.165) is 0 Å². The van der Waals surface area contributed by atoms with Crippen LogP contribution in [0.25, 0.3) is 120 Å². The van der Waals surface area contributed by atoms with Gasteiger partial charge in [-0.3, -0.25) is 0 Å². The summed E-state index contributed by atoms with van der Waals surface area (Å²) in [5.74, 6) is 0. The first-order valence-electron chi connectivity index (χ1n) is 20.8. The largest absolute Gasteiger partial charge is 0.113 e. The van der Waals surface area contributed by atoms with E-state index in [1.807, 2.05) is 0 Å². The number of hydrogen-bond acceptors (Lipinski definition) is 0. The molecule has 0 atom stereocenters. The van der Waals surface area contributed by atoms with E-state index >= 15 is 0 Å². The van der Waals surface area contributed by atoms with Crippen LogP contribution in [0.4, 0.5) is 0 Å². The van der Waals surface area contributed by atoms with Gasteiger partial charge in [0.15, 0.2) is 0 Å². The predicted molar refractivity (Wildman–Crippen MR) is 259 cm³/mol. The molecule has 0 aromatic heterocycles. The molecule has 59 heavy (non-hydrogen) atoms. The van der Waals surface area contributed by atoms with Crippen molar-refractivity contribution >= 4 is 93.9 Å². The Morgan fingerprint density at radius 2 is 0.763 bits per heavy atom. The number of hydrogen-bond donors (Lipinski definition) is 0. The Labute approximate surface area is 344 Å². The van der Waals surface area contributed by atoms with E-state index in [0.29, 0.717) is 0 Å². The molecular formula is C58H38Si. The Hall–Kier alpha value is -7.06. The minimum atomic E-state index is -2.17. The molecule has 0 aliphatic carbocycles. The fourth-order valence-electron chi connectivity index (χ4n) is 10.9. The number of fused-ring (bicyclic) bond motifs is 7. The average molecular weight is 763 g/mol. The second-order valence-electron chi connectivity index (χ2n) is 17.2. The van der Waals surface area contributed by atoms with Gasteiger partial charge in [-0.2, -0.15) is 0 Å². The van der Waals surface area contributed by atoms with Gasteiger partial charge in [0.2, 0.25) is 0 Å². The first kappa shape index (κ1) is 33.0. The molecule has 13 rings (SSSR count). The SMILES string of the molecule is C[Si]1(C)c2cc(-c3cc4cccc5ccc6cccc3c6c54)ccc2-c2cc3c(-c4ccc5ccccc5c4)c4ccccc4c(-c4ccc5ccccc5c4)c3cc21. The van der Waals surface area contributed by atoms with E-state index in [1.54, 1.807) is 0 Å². The van der Waals surface area contributed by atoms with E-state index < -0.39 is 8.07 Å². The average Bonchev–Trinajstić information content (AvgIpc) is 3.50. The van der Waals surface area contributed by atoms with Crippen LogP contribution in [-0.2, 0) is 0 Å². The molecule has 274 valence electrons. The number of rotatable bonds is 3. The van der Waals surface area contributed by atoms with Crippen LogP contribution in [0.5, 0.6) is 0 Å². The molecular weight excluding hydrogens is 725 g/mol. The molecule has 0 saturated heterocycles. The molecule has 1 aliphatic heterocycles. The molecule has 0 nitrogen and oxygen atoms in total. The molecule has 12 aromatic rings. The minimum absolute atomic E-state index is 1.26.